The van der Waals surface area contributed by atoms with Crippen molar-refractivity contribution in [2.45, 2.75) is 0 Å². The van der Waals surface area contributed by atoms with Crippen molar-refractivity contribution < 1.29 is 0 Å². The van der Waals surface area contributed by atoms with Crippen molar-refractivity contribution in [1.29, 1.82) is 0 Å². The molecule has 0 aliphatic carbocycles. The third-order valence-corrected chi connectivity index (χ3v) is 2.07. The maximum Gasteiger partial charge on any atom is 0.0840 e. The Morgan fingerprint density at radius 2 is 1.82 bits per heavy atom. The van der Waals surface area contributed by atoms with E-state index in [1.165, 1.54) is 17.1 Å². The fraction of sp³-hybridized carbons (Fsp3) is 0. The van der Waals surface area contributed by atoms with Crippen LogP contribution in [0.4, 0.5) is 0 Å². The maximum atomic E-state index is 4.23. The van der Waals surface area contributed by atoms with Crippen molar-refractivity contribution >= 4 is 11.5 Å². The minimum absolute atomic E-state index is 1.07. The molecule has 2 aromatic rings. The van der Waals surface area contributed by atoms with Crippen molar-refractivity contribution in [2.75, 3.05) is 0 Å². The van der Waals surface area contributed by atoms with Crippen molar-refractivity contribution in [3.63, 3.8) is 0 Å². The summed E-state index contributed by atoms with van der Waals surface area (Å²) in [6.45, 7) is 0. The number of aromatic nitrogens is 1. The molecule has 54 valence electrons. The Morgan fingerprint density at radius 1 is 1.00 bits per heavy atom. The second kappa shape index (κ2) is 2.84. The first-order valence-corrected chi connectivity index (χ1v) is 4.26. The van der Waals surface area contributed by atoms with Crippen molar-refractivity contribution in [1.82, 2.24) is 4.37 Å². The molecule has 0 saturated heterocycles. The lowest BCUT2D eigenvalue weighted by atomic mass is 10.2. The van der Waals surface area contributed by atoms with Crippen LogP contribution >= 0.6 is 11.5 Å². The summed E-state index contributed by atoms with van der Waals surface area (Å²) >= 11 is 1.48. The molecule has 0 bridgehead atoms. The molecule has 0 fully saturated rings. The molecule has 1 heterocycles. The SMILES string of the molecule is c1ccc(-c2ccsn2)cc1. The molecule has 1 nitrogen and oxygen atoms in total. The molecule has 1 aromatic carbocycles. The first kappa shape index (κ1) is 6.55. The van der Waals surface area contributed by atoms with Gasteiger partial charge in [-0.25, -0.2) is 0 Å². The van der Waals surface area contributed by atoms with Gasteiger partial charge in [0.1, 0.15) is 0 Å². The van der Waals surface area contributed by atoms with E-state index in [0.29, 0.717) is 0 Å². The molecule has 0 aliphatic rings. The molecule has 0 radical (unpaired) electrons. The first-order valence-electron chi connectivity index (χ1n) is 3.42. The minimum Gasteiger partial charge on any atom is -0.193 e. The normalized spacial score (nSPS) is 9.82. The Labute approximate surface area is 69.5 Å². The van der Waals surface area contributed by atoms with Gasteiger partial charge in [0.2, 0.25) is 0 Å². The van der Waals surface area contributed by atoms with Gasteiger partial charge in [0.05, 0.1) is 5.69 Å². The summed E-state index contributed by atoms with van der Waals surface area (Å²) in [5, 5.41) is 1.99. The summed E-state index contributed by atoms with van der Waals surface area (Å²) in [5.41, 5.74) is 2.25. The van der Waals surface area contributed by atoms with Crippen LogP contribution in [0, 0.1) is 0 Å². The lowest BCUT2D eigenvalue weighted by Gasteiger charge is -1.92. The fourth-order valence-electron chi connectivity index (χ4n) is 0.970. The number of nitrogens with zero attached hydrogens (tertiary/aromatic N) is 1. The van der Waals surface area contributed by atoms with E-state index in [1.807, 2.05) is 29.6 Å². The Bertz CT molecular complexity index is 313. The fourth-order valence-corrected chi connectivity index (χ4v) is 1.50. The van der Waals surface area contributed by atoms with Gasteiger partial charge in [-0.1, -0.05) is 30.3 Å². The first-order chi connectivity index (χ1) is 5.47. The summed E-state index contributed by atoms with van der Waals surface area (Å²) in [7, 11) is 0. The van der Waals surface area contributed by atoms with Crippen molar-refractivity contribution in [2.24, 2.45) is 0 Å². The van der Waals surface area contributed by atoms with Gasteiger partial charge in [0.15, 0.2) is 0 Å². The van der Waals surface area contributed by atoms with Crippen LogP contribution in [0.15, 0.2) is 41.8 Å². The van der Waals surface area contributed by atoms with E-state index in [1.54, 1.807) is 0 Å². The standard InChI is InChI=1S/C9H7NS/c1-2-4-8(5-3-1)9-6-7-11-10-9/h1-7H. The Morgan fingerprint density at radius 3 is 2.45 bits per heavy atom. The summed E-state index contributed by atoms with van der Waals surface area (Å²) in [4.78, 5) is 0. The average molecular weight is 161 g/mol. The average Bonchev–Trinajstić information content (AvgIpc) is 2.58. The summed E-state index contributed by atoms with van der Waals surface area (Å²) in [6, 6.07) is 12.2. The van der Waals surface area contributed by atoms with E-state index in [9.17, 15) is 0 Å². The zero-order valence-corrected chi connectivity index (χ0v) is 6.71. The van der Waals surface area contributed by atoms with Crippen LogP contribution in [0.1, 0.15) is 0 Å². The zero-order valence-electron chi connectivity index (χ0n) is 5.90. The number of benzene rings is 1. The second-order valence-corrected chi connectivity index (χ2v) is 2.92. The lowest BCUT2D eigenvalue weighted by Crippen LogP contribution is -1.72. The Hall–Kier alpha value is -1.15. The molecule has 0 spiro atoms. The third kappa shape index (κ3) is 1.30. The smallest absolute Gasteiger partial charge is 0.0840 e. The second-order valence-electron chi connectivity index (χ2n) is 2.25. The zero-order chi connectivity index (χ0) is 7.52. The minimum atomic E-state index is 1.07. The van der Waals surface area contributed by atoms with Crippen LogP contribution in [-0.4, -0.2) is 4.37 Å². The molecule has 0 unspecified atom stereocenters. The van der Waals surface area contributed by atoms with E-state index >= 15 is 0 Å². The van der Waals surface area contributed by atoms with Gasteiger partial charge in [-0.2, -0.15) is 4.37 Å². The molecule has 0 atom stereocenters. The highest BCUT2D eigenvalue weighted by Gasteiger charge is 1.95. The number of rotatable bonds is 1. The van der Waals surface area contributed by atoms with Crippen molar-refractivity contribution in [3.8, 4) is 11.3 Å². The molecule has 11 heavy (non-hydrogen) atoms. The molecule has 0 N–H and O–H groups in total. The van der Waals surface area contributed by atoms with Gasteiger partial charge in [-0.3, -0.25) is 0 Å². The molecule has 0 amide bonds. The Balaban J connectivity index is 2.46. The van der Waals surface area contributed by atoms with E-state index in [2.05, 4.69) is 16.5 Å². The van der Waals surface area contributed by atoms with Crippen LogP contribution in [0.3, 0.4) is 0 Å². The highest BCUT2D eigenvalue weighted by Crippen LogP contribution is 2.16. The van der Waals surface area contributed by atoms with E-state index in [-0.39, 0.29) is 0 Å². The number of hydrogen-bond donors (Lipinski definition) is 0. The van der Waals surface area contributed by atoms with Gasteiger partial charge in [-0.15, -0.1) is 0 Å². The summed E-state index contributed by atoms with van der Waals surface area (Å²) in [6.07, 6.45) is 0. The summed E-state index contributed by atoms with van der Waals surface area (Å²) < 4.78 is 4.23. The molecule has 2 rings (SSSR count). The summed E-state index contributed by atoms with van der Waals surface area (Å²) in [5.74, 6) is 0. The molecule has 2 heteroatoms. The lowest BCUT2D eigenvalue weighted by molar-refractivity contribution is 1.52. The monoisotopic (exact) mass is 161 g/mol. The van der Waals surface area contributed by atoms with E-state index < -0.39 is 0 Å². The highest BCUT2D eigenvalue weighted by atomic mass is 32.1. The quantitative estimate of drug-likeness (QED) is 0.626. The molecule has 0 saturated carbocycles. The van der Waals surface area contributed by atoms with Gasteiger partial charge >= 0.3 is 0 Å². The molecular formula is C9H7NS. The largest absolute Gasteiger partial charge is 0.193 e. The molecular weight excluding hydrogens is 154 g/mol. The van der Waals surface area contributed by atoms with E-state index in [0.717, 1.165) is 5.69 Å². The number of hydrogen-bond acceptors (Lipinski definition) is 2. The van der Waals surface area contributed by atoms with Crippen LogP contribution in [0.25, 0.3) is 11.3 Å². The third-order valence-electron chi connectivity index (χ3n) is 1.51. The van der Waals surface area contributed by atoms with Crippen molar-refractivity contribution in [3.05, 3.63) is 41.8 Å². The highest BCUT2D eigenvalue weighted by molar-refractivity contribution is 7.03. The van der Waals surface area contributed by atoms with Gasteiger partial charge < -0.3 is 0 Å². The Kier molecular flexibility index (Phi) is 1.69. The maximum absolute atomic E-state index is 4.23. The topological polar surface area (TPSA) is 12.9 Å². The predicted molar refractivity (Wildman–Crippen MR) is 47.6 cm³/mol. The van der Waals surface area contributed by atoms with Crippen LogP contribution < -0.4 is 0 Å². The van der Waals surface area contributed by atoms with Gasteiger partial charge in [0, 0.05) is 10.9 Å². The predicted octanol–water partition coefficient (Wildman–Crippen LogP) is 2.81. The molecule has 1 aromatic heterocycles. The van der Waals surface area contributed by atoms with Crippen LogP contribution in [-0.2, 0) is 0 Å². The van der Waals surface area contributed by atoms with Gasteiger partial charge in [0.25, 0.3) is 0 Å². The molecule has 0 aliphatic heterocycles. The van der Waals surface area contributed by atoms with Crippen LogP contribution in [0.2, 0.25) is 0 Å². The van der Waals surface area contributed by atoms with E-state index in [4.69, 9.17) is 0 Å². The van der Waals surface area contributed by atoms with Crippen LogP contribution in [0.5, 0.6) is 0 Å². The van der Waals surface area contributed by atoms with Gasteiger partial charge in [-0.05, 0) is 17.6 Å².